The molecule has 1 aromatic rings. The lowest BCUT2D eigenvalue weighted by molar-refractivity contribution is 0.0868. The van der Waals surface area contributed by atoms with Gasteiger partial charge < -0.3 is 19.8 Å². The van der Waals surface area contributed by atoms with Gasteiger partial charge in [0, 0.05) is 6.61 Å². The number of hydrogen-bond acceptors (Lipinski definition) is 6. The van der Waals surface area contributed by atoms with Crippen molar-refractivity contribution in [1.29, 1.82) is 0 Å². The Bertz CT molecular complexity index is 348. The van der Waals surface area contributed by atoms with Gasteiger partial charge in [0.2, 0.25) is 5.89 Å². The van der Waals surface area contributed by atoms with Crippen LogP contribution < -0.4 is 10.6 Å². The third-order valence-corrected chi connectivity index (χ3v) is 2.78. The Balaban J connectivity index is 1.74. The van der Waals surface area contributed by atoms with E-state index in [0.29, 0.717) is 31.0 Å². The molecule has 102 valence electrons. The minimum absolute atomic E-state index is 0.288. The van der Waals surface area contributed by atoms with Crippen LogP contribution >= 0.6 is 0 Å². The van der Waals surface area contributed by atoms with Crippen molar-refractivity contribution in [3.8, 4) is 0 Å². The van der Waals surface area contributed by atoms with E-state index < -0.39 is 0 Å². The molecule has 1 fully saturated rings. The largest absolute Gasteiger partial charge is 0.407 e. The Morgan fingerprint density at radius 2 is 2.28 bits per heavy atom. The third-order valence-electron chi connectivity index (χ3n) is 2.78. The van der Waals surface area contributed by atoms with E-state index in [1.165, 1.54) is 0 Å². The van der Waals surface area contributed by atoms with Crippen LogP contribution in [0.1, 0.15) is 32.6 Å². The van der Waals surface area contributed by atoms with Gasteiger partial charge in [-0.2, -0.15) is 0 Å². The lowest BCUT2D eigenvalue weighted by Crippen LogP contribution is -2.30. The van der Waals surface area contributed by atoms with Gasteiger partial charge in [-0.25, -0.2) is 0 Å². The topological polar surface area (TPSA) is 72.2 Å². The molecule has 1 saturated heterocycles. The summed E-state index contributed by atoms with van der Waals surface area (Å²) < 4.78 is 10.9. The second kappa shape index (κ2) is 6.70. The Morgan fingerprint density at radius 3 is 3.00 bits per heavy atom. The molecule has 0 saturated carbocycles. The van der Waals surface area contributed by atoms with E-state index in [-0.39, 0.29) is 6.04 Å². The first-order valence-electron chi connectivity index (χ1n) is 6.61. The van der Waals surface area contributed by atoms with Crippen LogP contribution in [0.3, 0.4) is 0 Å². The van der Waals surface area contributed by atoms with Gasteiger partial charge in [-0.05, 0) is 25.3 Å². The molecule has 0 aromatic carbocycles. The number of nitrogens with zero attached hydrogens (tertiary/aromatic N) is 2. The third kappa shape index (κ3) is 4.27. The number of aromatic nitrogens is 2. The van der Waals surface area contributed by atoms with Crippen LogP contribution in [0, 0.1) is 5.92 Å². The summed E-state index contributed by atoms with van der Waals surface area (Å²) in [6, 6.07) is 0.780. The van der Waals surface area contributed by atoms with Gasteiger partial charge in [-0.1, -0.05) is 18.9 Å². The summed E-state index contributed by atoms with van der Waals surface area (Å²) in [4.78, 5) is 0. The lowest BCUT2D eigenvalue weighted by Gasteiger charge is -2.21. The van der Waals surface area contributed by atoms with E-state index in [2.05, 4.69) is 34.7 Å². The van der Waals surface area contributed by atoms with Gasteiger partial charge in [-0.15, -0.1) is 5.10 Å². The first-order valence-corrected chi connectivity index (χ1v) is 6.61. The lowest BCUT2D eigenvalue weighted by atomic mass is 10.1. The predicted octanol–water partition coefficient (Wildman–Crippen LogP) is 1.41. The van der Waals surface area contributed by atoms with Crippen LogP contribution in [0.4, 0.5) is 6.01 Å². The Kier molecular flexibility index (Phi) is 4.95. The van der Waals surface area contributed by atoms with Crippen LogP contribution in [-0.2, 0) is 11.3 Å². The molecular formula is C12H22N4O2. The summed E-state index contributed by atoms with van der Waals surface area (Å²) in [5.74, 6) is 1.24. The van der Waals surface area contributed by atoms with Gasteiger partial charge in [0.05, 0.1) is 19.2 Å². The monoisotopic (exact) mass is 254 g/mol. The van der Waals surface area contributed by atoms with Crippen molar-refractivity contribution in [2.24, 2.45) is 5.92 Å². The number of hydrogen-bond donors (Lipinski definition) is 2. The standard InChI is InChI=1S/C12H22N4O2/c1-9(2)6-13-7-11-15-16-12(18-11)14-10-4-3-5-17-8-10/h9-10,13H,3-8H2,1-2H3,(H,14,16). The molecule has 1 aliphatic heterocycles. The minimum Gasteiger partial charge on any atom is -0.407 e. The zero-order chi connectivity index (χ0) is 12.8. The Morgan fingerprint density at radius 1 is 1.39 bits per heavy atom. The molecule has 18 heavy (non-hydrogen) atoms. The van der Waals surface area contributed by atoms with Crippen LogP contribution in [-0.4, -0.2) is 36.0 Å². The van der Waals surface area contributed by atoms with Crippen molar-refractivity contribution in [2.45, 2.75) is 39.3 Å². The van der Waals surface area contributed by atoms with Crippen molar-refractivity contribution >= 4 is 6.01 Å². The van der Waals surface area contributed by atoms with Gasteiger partial charge in [0.1, 0.15) is 0 Å². The maximum absolute atomic E-state index is 5.52. The van der Waals surface area contributed by atoms with Crippen LogP contribution in [0.2, 0.25) is 0 Å². The average molecular weight is 254 g/mol. The number of ether oxygens (including phenoxy) is 1. The molecule has 0 aliphatic carbocycles. The van der Waals surface area contributed by atoms with E-state index in [0.717, 1.165) is 26.0 Å². The van der Waals surface area contributed by atoms with Gasteiger partial charge in [-0.3, -0.25) is 0 Å². The van der Waals surface area contributed by atoms with E-state index >= 15 is 0 Å². The molecule has 0 radical (unpaired) electrons. The maximum atomic E-state index is 5.52. The fourth-order valence-corrected chi connectivity index (χ4v) is 1.88. The van der Waals surface area contributed by atoms with Crippen molar-refractivity contribution in [1.82, 2.24) is 15.5 Å². The van der Waals surface area contributed by atoms with Crippen molar-refractivity contribution in [3.05, 3.63) is 5.89 Å². The summed E-state index contributed by atoms with van der Waals surface area (Å²) in [5.41, 5.74) is 0. The van der Waals surface area contributed by atoms with E-state index in [9.17, 15) is 0 Å². The SMILES string of the molecule is CC(C)CNCc1nnc(NC2CCCOC2)o1. The fourth-order valence-electron chi connectivity index (χ4n) is 1.88. The fraction of sp³-hybridized carbons (Fsp3) is 0.833. The molecule has 1 unspecified atom stereocenters. The molecule has 0 amide bonds. The van der Waals surface area contributed by atoms with Crippen molar-refractivity contribution < 1.29 is 9.15 Å². The Hall–Kier alpha value is -1.14. The molecule has 2 rings (SSSR count). The van der Waals surface area contributed by atoms with Crippen LogP contribution in [0.15, 0.2) is 4.42 Å². The molecule has 2 N–H and O–H groups in total. The highest BCUT2D eigenvalue weighted by atomic mass is 16.5. The summed E-state index contributed by atoms with van der Waals surface area (Å²) in [6.45, 7) is 7.46. The van der Waals surface area contributed by atoms with Crippen LogP contribution in [0.25, 0.3) is 0 Å². The van der Waals surface area contributed by atoms with E-state index in [1.807, 2.05) is 0 Å². The van der Waals surface area contributed by atoms with Crippen LogP contribution in [0.5, 0.6) is 0 Å². The molecule has 1 aromatic heterocycles. The van der Waals surface area contributed by atoms with Gasteiger partial charge >= 0.3 is 6.01 Å². The second-order valence-electron chi connectivity index (χ2n) is 5.08. The minimum atomic E-state index is 0.288. The van der Waals surface area contributed by atoms with E-state index in [1.54, 1.807) is 0 Å². The quantitative estimate of drug-likeness (QED) is 0.799. The Labute approximate surface area is 107 Å². The molecular weight excluding hydrogens is 232 g/mol. The first kappa shape index (κ1) is 13.3. The number of anilines is 1. The smallest absolute Gasteiger partial charge is 0.315 e. The highest BCUT2D eigenvalue weighted by Crippen LogP contribution is 2.13. The normalized spacial score (nSPS) is 20.3. The maximum Gasteiger partial charge on any atom is 0.315 e. The molecule has 6 nitrogen and oxygen atoms in total. The molecule has 1 aliphatic rings. The van der Waals surface area contributed by atoms with Gasteiger partial charge in [0.15, 0.2) is 0 Å². The summed E-state index contributed by atoms with van der Waals surface area (Å²) in [6.07, 6.45) is 2.16. The zero-order valence-electron chi connectivity index (χ0n) is 11.1. The number of nitrogens with one attached hydrogen (secondary N) is 2. The number of rotatable bonds is 6. The molecule has 0 spiro atoms. The molecule has 1 atom stereocenters. The first-order chi connectivity index (χ1) is 8.74. The van der Waals surface area contributed by atoms with Gasteiger partial charge in [0.25, 0.3) is 0 Å². The van der Waals surface area contributed by atoms with E-state index in [4.69, 9.17) is 9.15 Å². The summed E-state index contributed by atoms with van der Waals surface area (Å²) in [5, 5.41) is 14.5. The highest BCUT2D eigenvalue weighted by Gasteiger charge is 2.16. The molecule has 6 heteroatoms. The summed E-state index contributed by atoms with van der Waals surface area (Å²) in [7, 11) is 0. The summed E-state index contributed by atoms with van der Waals surface area (Å²) >= 11 is 0. The average Bonchev–Trinajstić information content (AvgIpc) is 2.78. The zero-order valence-corrected chi connectivity index (χ0v) is 11.1. The predicted molar refractivity (Wildman–Crippen MR) is 68.3 cm³/mol. The second-order valence-corrected chi connectivity index (χ2v) is 5.08. The highest BCUT2D eigenvalue weighted by molar-refractivity contribution is 5.19. The van der Waals surface area contributed by atoms with Crippen molar-refractivity contribution in [3.63, 3.8) is 0 Å². The van der Waals surface area contributed by atoms with Crippen molar-refractivity contribution in [2.75, 3.05) is 25.1 Å². The molecule has 0 bridgehead atoms. The molecule has 2 heterocycles.